The van der Waals surface area contributed by atoms with Crippen LogP contribution in [-0.2, 0) is 6.54 Å². The summed E-state index contributed by atoms with van der Waals surface area (Å²) in [4.78, 5) is 41.3. The molecule has 0 bridgehead atoms. The van der Waals surface area contributed by atoms with Gasteiger partial charge < -0.3 is 15.5 Å². The molecule has 3 fully saturated rings. The van der Waals surface area contributed by atoms with Gasteiger partial charge in [0.1, 0.15) is 5.65 Å². The molecule has 3 aliphatic rings. The number of likely N-dealkylation sites (tertiary alicyclic amines) is 2. The Bertz CT molecular complexity index is 1720. The minimum Gasteiger partial charge on any atom is -0.351 e. The third kappa shape index (κ3) is 6.65. The number of fused-ring (bicyclic) bond motifs is 1. The summed E-state index contributed by atoms with van der Waals surface area (Å²) in [7, 11) is 0. The fraction of sp³-hybridized carbons (Fsp3) is 0.459. The van der Waals surface area contributed by atoms with E-state index < -0.39 is 0 Å². The number of rotatable bonds is 7. The van der Waals surface area contributed by atoms with Crippen molar-refractivity contribution in [1.82, 2.24) is 29.7 Å². The smallest absolute Gasteiger partial charge is 0.317 e. The number of urea groups is 1. The Hall–Kier alpha value is -4.24. The third-order valence-electron chi connectivity index (χ3n) is 10.2. The first-order valence-corrected chi connectivity index (χ1v) is 17.1. The number of carbonyl (C=O) groups excluding carboxylic acids is 1. The quantitative estimate of drug-likeness (QED) is 0.258. The molecule has 46 heavy (non-hydrogen) atoms. The number of piperidine rings is 2. The van der Waals surface area contributed by atoms with E-state index in [-0.39, 0.29) is 23.7 Å². The van der Waals surface area contributed by atoms with Crippen molar-refractivity contribution in [2.24, 2.45) is 0 Å². The van der Waals surface area contributed by atoms with Gasteiger partial charge in [0.25, 0.3) is 5.56 Å². The molecule has 2 aromatic heterocycles. The number of anilines is 1. The number of hydrogen-bond donors (Lipinski definition) is 2. The van der Waals surface area contributed by atoms with Gasteiger partial charge >= 0.3 is 6.03 Å². The van der Waals surface area contributed by atoms with Crippen LogP contribution in [0.2, 0.25) is 0 Å². The second kappa shape index (κ2) is 13.6. The lowest BCUT2D eigenvalue weighted by Crippen LogP contribution is -2.49. The Balaban J connectivity index is 1.11. The second-order valence-electron chi connectivity index (χ2n) is 13.4. The molecule has 2 amide bonds. The molecule has 1 saturated carbocycles. The lowest BCUT2D eigenvalue weighted by atomic mass is 9.99. The third-order valence-corrected chi connectivity index (χ3v) is 10.2. The number of hydrogen-bond acceptors (Lipinski definition) is 6. The monoisotopic (exact) mass is 619 g/mol. The summed E-state index contributed by atoms with van der Waals surface area (Å²) in [5.41, 5.74) is 4.74. The van der Waals surface area contributed by atoms with Gasteiger partial charge in [0.05, 0.1) is 0 Å². The minimum atomic E-state index is 0.00884. The van der Waals surface area contributed by atoms with E-state index in [4.69, 9.17) is 9.97 Å². The van der Waals surface area contributed by atoms with Crippen LogP contribution in [0.3, 0.4) is 0 Å². The van der Waals surface area contributed by atoms with E-state index in [2.05, 4.69) is 58.9 Å². The van der Waals surface area contributed by atoms with E-state index in [1.807, 2.05) is 39.9 Å². The van der Waals surface area contributed by atoms with Gasteiger partial charge in [-0.3, -0.25) is 14.3 Å². The van der Waals surface area contributed by atoms with E-state index in [0.29, 0.717) is 36.3 Å². The van der Waals surface area contributed by atoms with Gasteiger partial charge in [0.2, 0.25) is 5.95 Å². The van der Waals surface area contributed by atoms with E-state index >= 15 is 0 Å². The molecule has 0 atom stereocenters. The average molecular weight is 620 g/mol. The standard InChI is InChI=1S/C37H45N7O2/c1-26-9-5-8-14-32(26)33-23-28-24-38-36(39-30-15-21-43(22-16-30)37(46)40-29-12-6-7-13-29)41-34(28)44(35(33)45)31-17-19-42(20-18-31)25-27-10-3-2-4-11-27/h2-5,8-11,14,23-24,29-31H,6-7,12-13,15-22,25H2,1H3,(H,40,46)(H,38,39,41). The Morgan fingerprint density at radius 2 is 1.57 bits per heavy atom. The van der Waals surface area contributed by atoms with Crippen molar-refractivity contribution in [3.05, 3.63) is 88.3 Å². The Kier molecular flexibility index (Phi) is 9.01. The molecule has 9 nitrogen and oxygen atoms in total. The maximum atomic E-state index is 14.4. The van der Waals surface area contributed by atoms with Gasteiger partial charge in [-0.1, -0.05) is 67.4 Å². The van der Waals surface area contributed by atoms with Crippen LogP contribution in [0.4, 0.5) is 10.7 Å². The molecule has 2 saturated heterocycles. The summed E-state index contributed by atoms with van der Waals surface area (Å²) >= 11 is 0. The number of carbonyl (C=O) groups is 1. The maximum absolute atomic E-state index is 14.4. The van der Waals surface area contributed by atoms with E-state index in [9.17, 15) is 9.59 Å². The molecular formula is C37H45N7O2. The van der Waals surface area contributed by atoms with Crippen molar-refractivity contribution in [2.75, 3.05) is 31.5 Å². The topological polar surface area (TPSA) is 95.4 Å². The lowest BCUT2D eigenvalue weighted by Gasteiger charge is -2.34. The minimum absolute atomic E-state index is 0.00884. The predicted molar refractivity (Wildman–Crippen MR) is 183 cm³/mol. The number of aryl methyl sites for hydroxylation is 1. The van der Waals surface area contributed by atoms with Crippen LogP contribution in [0, 0.1) is 6.92 Å². The fourth-order valence-electron chi connectivity index (χ4n) is 7.52. The highest BCUT2D eigenvalue weighted by molar-refractivity contribution is 5.82. The zero-order valence-corrected chi connectivity index (χ0v) is 26.8. The van der Waals surface area contributed by atoms with Crippen LogP contribution in [0.1, 0.15) is 68.5 Å². The van der Waals surface area contributed by atoms with Crippen molar-refractivity contribution in [2.45, 2.75) is 83.0 Å². The highest BCUT2D eigenvalue weighted by atomic mass is 16.2. The Morgan fingerprint density at radius 1 is 0.848 bits per heavy atom. The van der Waals surface area contributed by atoms with Crippen molar-refractivity contribution >= 4 is 23.0 Å². The number of aromatic nitrogens is 3. The summed E-state index contributed by atoms with van der Waals surface area (Å²) in [5, 5.41) is 7.63. The first kappa shape index (κ1) is 30.4. The summed E-state index contributed by atoms with van der Waals surface area (Å²) in [6.45, 7) is 6.23. The molecule has 2 aliphatic heterocycles. The van der Waals surface area contributed by atoms with Crippen molar-refractivity contribution in [1.29, 1.82) is 0 Å². The zero-order valence-electron chi connectivity index (χ0n) is 26.8. The van der Waals surface area contributed by atoms with Gasteiger partial charge in [0.15, 0.2) is 0 Å². The highest BCUT2D eigenvalue weighted by Gasteiger charge is 2.28. The van der Waals surface area contributed by atoms with Crippen molar-refractivity contribution < 1.29 is 4.79 Å². The van der Waals surface area contributed by atoms with E-state index in [1.165, 1.54) is 18.4 Å². The van der Waals surface area contributed by atoms with E-state index in [1.54, 1.807) is 0 Å². The van der Waals surface area contributed by atoms with Crippen LogP contribution >= 0.6 is 0 Å². The SMILES string of the molecule is Cc1ccccc1-c1cc2cnc(NC3CCN(C(=O)NC4CCCC4)CC3)nc2n(C2CCN(Cc3ccccc3)CC2)c1=O. The lowest BCUT2D eigenvalue weighted by molar-refractivity contribution is 0.179. The molecule has 2 aromatic carbocycles. The van der Waals surface area contributed by atoms with Crippen LogP contribution < -0.4 is 16.2 Å². The van der Waals surface area contributed by atoms with Gasteiger partial charge in [-0.15, -0.1) is 0 Å². The first-order chi connectivity index (χ1) is 22.5. The van der Waals surface area contributed by atoms with Crippen LogP contribution in [0.25, 0.3) is 22.2 Å². The first-order valence-electron chi connectivity index (χ1n) is 17.1. The maximum Gasteiger partial charge on any atom is 0.317 e. The van der Waals surface area contributed by atoms with Gasteiger partial charge in [-0.25, -0.2) is 9.78 Å². The average Bonchev–Trinajstić information content (AvgIpc) is 3.59. The number of nitrogens with one attached hydrogen (secondary N) is 2. The molecule has 0 radical (unpaired) electrons. The molecule has 7 rings (SSSR count). The van der Waals surface area contributed by atoms with Gasteiger partial charge in [-0.2, -0.15) is 4.98 Å². The number of nitrogens with zero attached hydrogens (tertiary/aromatic N) is 5. The fourth-order valence-corrected chi connectivity index (χ4v) is 7.52. The molecule has 2 N–H and O–H groups in total. The number of benzene rings is 2. The highest BCUT2D eigenvalue weighted by Crippen LogP contribution is 2.30. The molecule has 0 spiro atoms. The normalized spacial score (nSPS) is 18.7. The van der Waals surface area contributed by atoms with Crippen LogP contribution in [0.5, 0.6) is 0 Å². The van der Waals surface area contributed by atoms with E-state index in [0.717, 1.165) is 74.7 Å². The van der Waals surface area contributed by atoms with Crippen LogP contribution in [0.15, 0.2) is 71.7 Å². The molecule has 9 heteroatoms. The summed E-state index contributed by atoms with van der Waals surface area (Å²) in [5.74, 6) is 0.541. The summed E-state index contributed by atoms with van der Waals surface area (Å²) < 4.78 is 1.96. The van der Waals surface area contributed by atoms with Crippen LogP contribution in [-0.4, -0.2) is 68.6 Å². The summed E-state index contributed by atoms with van der Waals surface area (Å²) in [6.07, 6.45) is 9.88. The largest absolute Gasteiger partial charge is 0.351 e. The number of pyridine rings is 1. The Morgan fingerprint density at radius 3 is 2.30 bits per heavy atom. The van der Waals surface area contributed by atoms with Gasteiger partial charge in [-0.05, 0) is 68.2 Å². The zero-order chi connectivity index (χ0) is 31.5. The molecule has 4 heterocycles. The Labute approximate surface area is 271 Å². The second-order valence-corrected chi connectivity index (χ2v) is 13.4. The van der Waals surface area contributed by atoms with Crippen molar-refractivity contribution in [3.63, 3.8) is 0 Å². The van der Waals surface area contributed by atoms with Crippen molar-refractivity contribution in [3.8, 4) is 11.1 Å². The molecule has 4 aromatic rings. The van der Waals surface area contributed by atoms with Gasteiger partial charge in [0, 0.05) is 68.0 Å². The molecule has 0 unspecified atom stereocenters. The number of amides is 2. The molecule has 240 valence electrons. The molecule has 1 aliphatic carbocycles. The molecular weight excluding hydrogens is 574 g/mol. The summed E-state index contributed by atoms with van der Waals surface area (Å²) in [6, 6.07) is 21.3. The predicted octanol–water partition coefficient (Wildman–Crippen LogP) is 6.13.